The summed E-state index contributed by atoms with van der Waals surface area (Å²) in [6.45, 7) is 5.12. The second kappa shape index (κ2) is 14.6. The van der Waals surface area contributed by atoms with Gasteiger partial charge in [0.25, 0.3) is 10.0 Å². The fraction of sp³-hybridized carbons (Fsp3) is 0.257. The molecule has 0 aliphatic rings. The highest BCUT2D eigenvalue weighted by Gasteiger charge is 2.35. The lowest BCUT2D eigenvalue weighted by atomic mass is 10.0. The Balaban J connectivity index is 1.79. The summed E-state index contributed by atoms with van der Waals surface area (Å²) in [5.41, 5.74) is 1.33. The first-order chi connectivity index (χ1) is 21.4. The van der Waals surface area contributed by atoms with E-state index in [1.54, 1.807) is 66.7 Å². The smallest absolute Gasteiger partial charge is 0.264 e. The highest BCUT2D eigenvalue weighted by atomic mass is 35.5. The van der Waals surface area contributed by atoms with E-state index in [4.69, 9.17) is 16.3 Å². The van der Waals surface area contributed by atoms with Crippen molar-refractivity contribution in [2.75, 3.05) is 18.0 Å². The molecule has 0 heterocycles. The van der Waals surface area contributed by atoms with Crippen LogP contribution in [0.1, 0.15) is 31.9 Å². The molecule has 8 nitrogen and oxygen atoms in total. The van der Waals surface area contributed by atoms with Crippen LogP contribution in [0.4, 0.5) is 5.69 Å². The zero-order valence-electron chi connectivity index (χ0n) is 25.8. The number of anilines is 1. The monoisotopic (exact) mass is 647 g/mol. The van der Waals surface area contributed by atoms with Crippen LogP contribution in [0.25, 0.3) is 0 Å². The van der Waals surface area contributed by atoms with E-state index in [9.17, 15) is 18.0 Å². The molecule has 0 saturated heterocycles. The van der Waals surface area contributed by atoms with Crippen molar-refractivity contribution in [2.24, 2.45) is 0 Å². The molecule has 1 N–H and O–H groups in total. The molecule has 0 spiro atoms. The summed E-state index contributed by atoms with van der Waals surface area (Å²) in [6, 6.07) is 29.9. The number of nitrogens with one attached hydrogen (secondary N) is 1. The van der Waals surface area contributed by atoms with Crippen molar-refractivity contribution in [2.45, 2.75) is 50.2 Å². The molecule has 45 heavy (non-hydrogen) atoms. The van der Waals surface area contributed by atoms with Gasteiger partial charge in [-0.3, -0.25) is 13.9 Å². The number of amides is 2. The zero-order chi connectivity index (χ0) is 32.6. The van der Waals surface area contributed by atoms with Crippen LogP contribution in [0.15, 0.2) is 114 Å². The largest absolute Gasteiger partial charge is 0.497 e. The number of nitrogens with zero attached hydrogens (tertiary/aromatic N) is 2. The molecule has 4 aromatic rings. The van der Waals surface area contributed by atoms with Crippen molar-refractivity contribution >= 4 is 39.1 Å². The third-order valence-corrected chi connectivity index (χ3v) is 9.05. The molecule has 4 rings (SSSR count). The Bertz CT molecular complexity index is 1680. The van der Waals surface area contributed by atoms with Gasteiger partial charge in [-0.05, 0) is 80.4 Å². The number of halogens is 1. The van der Waals surface area contributed by atoms with Crippen molar-refractivity contribution in [1.82, 2.24) is 10.2 Å². The van der Waals surface area contributed by atoms with E-state index in [0.717, 1.165) is 15.4 Å². The van der Waals surface area contributed by atoms with Crippen LogP contribution < -0.4 is 14.4 Å². The summed E-state index contributed by atoms with van der Waals surface area (Å²) in [5.74, 6) is -0.395. The summed E-state index contributed by atoms with van der Waals surface area (Å²) < 4.78 is 34.5. The summed E-state index contributed by atoms with van der Waals surface area (Å²) in [4.78, 5) is 29.8. The second-order valence-corrected chi connectivity index (χ2v) is 13.9. The molecule has 0 radical (unpaired) electrons. The van der Waals surface area contributed by atoms with Crippen LogP contribution in [0, 0.1) is 0 Å². The molecule has 1 atom stereocenters. The van der Waals surface area contributed by atoms with Gasteiger partial charge in [-0.2, -0.15) is 0 Å². The minimum atomic E-state index is -4.21. The SMILES string of the molecule is COc1ccc(S(=O)(=O)N(CC(=O)N(Cc2ccc(Cl)cc2)[C@@H](Cc2ccccc2)C(=O)NC(C)(C)C)c2ccccc2)cc1. The minimum Gasteiger partial charge on any atom is -0.497 e. The normalized spacial score (nSPS) is 12.2. The van der Waals surface area contributed by atoms with Crippen LogP contribution >= 0.6 is 11.6 Å². The van der Waals surface area contributed by atoms with Crippen LogP contribution in [0.5, 0.6) is 5.75 Å². The molecule has 2 amide bonds. The van der Waals surface area contributed by atoms with E-state index in [1.807, 2.05) is 51.1 Å². The number of carbonyl (C=O) groups excluding carboxylic acids is 2. The van der Waals surface area contributed by atoms with E-state index in [-0.39, 0.29) is 23.8 Å². The van der Waals surface area contributed by atoms with Crippen molar-refractivity contribution < 1.29 is 22.7 Å². The van der Waals surface area contributed by atoms with E-state index in [2.05, 4.69) is 5.32 Å². The van der Waals surface area contributed by atoms with E-state index in [1.165, 1.54) is 24.1 Å². The van der Waals surface area contributed by atoms with Gasteiger partial charge >= 0.3 is 0 Å². The highest BCUT2D eigenvalue weighted by Crippen LogP contribution is 2.26. The first-order valence-corrected chi connectivity index (χ1v) is 16.3. The summed E-state index contributed by atoms with van der Waals surface area (Å²) in [7, 11) is -2.71. The molecule has 0 aromatic heterocycles. The predicted molar refractivity (Wildman–Crippen MR) is 178 cm³/mol. The Morgan fingerprint density at radius 2 is 1.40 bits per heavy atom. The Morgan fingerprint density at radius 3 is 1.96 bits per heavy atom. The van der Waals surface area contributed by atoms with Crippen molar-refractivity contribution in [1.29, 1.82) is 0 Å². The number of sulfonamides is 1. The third-order valence-electron chi connectivity index (χ3n) is 7.01. The second-order valence-electron chi connectivity index (χ2n) is 11.6. The van der Waals surface area contributed by atoms with E-state index < -0.39 is 34.1 Å². The average molecular weight is 648 g/mol. The molecule has 0 bridgehead atoms. The maximum absolute atomic E-state index is 14.5. The Hall–Kier alpha value is -4.34. The molecule has 10 heteroatoms. The molecule has 0 fully saturated rings. The first-order valence-electron chi connectivity index (χ1n) is 14.5. The molecule has 0 aliphatic heterocycles. The lowest BCUT2D eigenvalue weighted by molar-refractivity contribution is -0.140. The topological polar surface area (TPSA) is 96.0 Å². The van der Waals surface area contributed by atoms with Crippen molar-refractivity contribution in [3.8, 4) is 5.75 Å². The fourth-order valence-corrected chi connectivity index (χ4v) is 6.33. The zero-order valence-corrected chi connectivity index (χ0v) is 27.4. The van der Waals surface area contributed by atoms with Gasteiger partial charge in [-0.1, -0.05) is 72.3 Å². The number of methoxy groups -OCH3 is 1. The van der Waals surface area contributed by atoms with Gasteiger partial charge in [0, 0.05) is 23.5 Å². The lowest BCUT2D eigenvalue weighted by Gasteiger charge is -2.35. The lowest BCUT2D eigenvalue weighted by Crippen LogP contribution is -2.56. The molecule has 0 unspecified atom stereocenters. The van der Waals surface area contributed by atoms with Gasteiger partial charge in [0.15, 0.2) is 0 Å². The molecule has 0 saturated carbocycles. The van der Waals surface area contributed by atoms with Crippen molar-refractivity contribution in [3.05, 3.63) is 125 Å². The summed E-state index contributed by atoms with van der Waals surface area (Å²) in [5, 5.41) is 3.56. The van der Waals surface area contributed by atoms with Crippen molar-refractivity contribution in [3.63, 3.8) is 0 Å². The van der Waals surface area contributed by atoms with Crippen LogP contribution in [0.3, 0.4) is 0 Å². The fourth-order valence-electron chi connectivity index (χ4n) is 4.79. The number of carbonyl (C=O) groups is 2. The minimum absolute atomic E-state index is 0.00415. The highest BCUT2D eigenvalue weighted by molar-refractivity contribution is 7.92. The Kier molecular flexibility index (Phi) is 10.9. The number of ether oxygens (including phenoxy) is 1. The van der Waals surface area contributed by atoms with Gasteiger partial charge < -0.3 is 15.0 Å². The molecular formula is C35H38ClN3O5S. The quantitative estimate of drug-likeness (QED) is 0.201. The summed E-state index contributed by atoms with van der Waals surface area (Å²) >= 11 is 6.14. The number of benzene rings is 4. The third kappa shape index (κ3) is 9.09. The van der Waals surface area contributed by atoms with E-state index >= 15 is 0 Å². The first kappa shape index (κ1) is 33.6. The van der Waals surface area contributed by atoms with Crippen LogP contribution in [0.2, 0.25) is 5.02 Å². The Morgan fingerprint density at radius 1 is 0.822 bits per heavy atom. The molecule has 236 valence electrons. The maximum atomic E-state index is 14.5. The standard InChI is InChI=1S/C35H38ClN3O5S/c1-35(2,3)37-34(41)32(23-26-11-7-5-8-12-26)38(24-27-15-17-28(36)18-16-27)33(40)25-39(29-13-9-6-10-14-29)45(42,43)31-21-19-30(44-4)20-22-31/h5-22,32H,23-25H2,1-4H3,(H,37,41)/t32-/m0/s1. The van der Waals surface area contributed by atoms with Gasteiger partial charge in [-0.25, -0.2) is 8.42 Å². The van der Waals surface area contributed by atoms with Gasteiger partial charge in [0.05, 0.1) is 17.7 Å². The molecule has 0 aliphatic carbocycles. The number of para-hydroxylation sites is 1. The van der Waals surface area contributed by atoms with Gasteiger partial charge in [-0.15, -0.1) is 0 Å². The summed E-state index contributed by atoms with van der Waals surface area (Å²) in [6.07, 6.45) is 0.221. The van der Waals surface area contributed by atoms with Crippen LogP contribution in [-0.2, 0) is 32.6 Å². The Labute approximate surface area is 270 Å². The molecule has 4 aromatic carbocycles. The number of rotatable bonds is 12. The maximum Gasteiger partial charge on any atom is 0.264 e. The predicted octanol–water partition coefficient (Wildman–Crippen LogP) is 6.10. The average Bonchev–Trinajstić information content (AvgIpc) is 3.02. The van der Waals surface area contributed by atoms with Gasteiger partial charge in [0.1, 0.15) is 18.3 Å². The number of hydrogen-bond donors (Lipinski definition) is 1. The van der Waals surface area contributed by atoms with Crippen LogP contribution in [-0.4, -0.2) is 50.4 Å². The number of hydrogen-bond acceptors (Lipinski definition) is 5. The van der Waals surface area contributed by atoms with E-state index in [0.29, 0.717) is 16.5 Å². The molecular weight excluding hydrogens is 610 g/mol. The van der Waals surface area contributed by atoms with Gasteiger partial charge in [0.2, 0.25) is 11.8 Å².